The van der Waals surface area contributed by atoms with Crippen LogP contribution in [0.4, 0.5) is 0 Å². The Labute approximate surface area is 94.2 Å². The minimum absolute atomic E-state index is 0.107. The van der Waals surface area contributed by atoms with Crippen molar-refractivity contribution in [2.24, 2.45) is 0 Å². The molecule has 0 fully saturated rings. The highest BCUT2D eigenvalue weighted by Gasteiger charge is 2.22. The second-order valence-corrected chi connectivity index (χ2v) is 5.30. The summed E-state index contributed by atoms with van der Waals surface area (Å²) in [6, 6.07) is 0.345. The second kappa shape index (κ2) is 5.83. The minimum atomic E-state index is -0.606. The first-order valence-corrected chi connectivity index (χ1v) is 5.73. The van der Waals surface area contributed by atoms with Crippen molar-refractivity contribution < 1.29 is 9.84 Å². The lowest BCUT2D eigenvalue weighted by atomic mass is 9.98. The molecule has 0 radical (unpaired) electrons. The van der Waals surface area contributed by atoms with Crippen LogP contribution in [0, 0.1) is 0 Å². The number of hydrogen-bond donors (Lipinski definition) is 2. The predicted octanol–water partition coefficient (Wildman–Crippen LogP) is 1.94. The van der Waals surface area contributed by atoms with Gasteiger partial charge in [0.1, 0.15) is 0 Å². The number of methoxy groups -OCH3 is 1. The van der Waals surface area contributed by atoms with Crippen LogP contribution in [0.5, 0.6) is 0 Å². The number of aliphatic hydroxyl groups is 1. The van der Waals surface area contributed by atoms with Gasteiger partial charge in [0, 0.05) is 19.7 Å². The lowest BCUT2D eigenvalue weighted by molar-refractivity contribution is 0.00378. The van der Waals surface area contributed by atoms with Gasteiger partial charge in [0.25, 0.3) is 0 Å². The van der Waals surface area contributed by atoms with Crippen LogP contribution in [-0.2, 0) is 4.74 Å². The van der Waals surface area contributed by atoms with Crippen molar-refractivity contribution in [3.63, 3.8) is 0 Å². The molecule has 0 saturated heterocycles. The summed E-state index contributed by atoms with van der Waals surface area (Å²) in [5, 5.41) is 13.2. The van der Waals surface area contributed by atoms with E-state index >= 15 is 0 Å². The van der Waals surface area contributed by atoms with E-state index in [1.165, 1.54) is 0 Å². The molecule has 2 unspecified atom stereocenters. The van der Waals surface area contributed by atoms with Gasteiger partial charge in [0.15, 0.2) is 0 Å². The first kappa shape index (κ1) is 14.9. The molecule has 0 aliphatic carbocycles. The van der Waals surface area contributed by atoms with E-state index in [1.807, 2.05) is 13.8 Å². The van der Waals surface area contributed by atoms with Gasteiger partial charge >= 0.3 is 0 Å². The monoisotopic (exact) mass is 217 g/mol. The molecule has 0 aliphatic heterocycles. The van der Waals surface area contributed by atoms with E-state index in [0.717, 1.165) is 12.8 Å². The van der Waals surface area contributed by atoms with E-state index < -0.39 is 5.60 Å². The van der Waals surface area contributed by atoms with Gasteiger partial charge < -0.3 is 15.2 Å². The van der Waals surface area contributed by atoms with Crippen LogP contribution in [-0.4, -0.2) is 36.0 Å². The molecule has 3 nitrogen and oxygen atoms in total. The Morgan fingerprint density at radius 2 is 1.87 bits per heavy atom. The van der Waals surface area contributed by atoms with Crippen LogP contribution in [0.2, 0.25) is 0 Å². The number of rotatable bonds is 7. The van der Waals surface area contributed by atoms with Gasteiger partial charge in [-0.15, -0.1) is 0 Å². The first-order chi connectivity index (χ1) is 6.72. The largest absolute Gasteiger partial charge is 0.389 e. The van der Waals surface area contributed by atoms with Crippen LogP contribution in [0.3, 0.4) is 0 Å². The van der Waals surface area contributed by atoms with Crippen molar-refractivity contribution in [3.05, 3.63) is 0 Å². The van der Waals surface area contributed by atoms with Crippen LogP contribution in [0.1, 0.15) is 47.5 Å². The fraction of sp³-hybridized carbons (Fsp3) is 1.00. The highest BCUT2D eigenvalue weighted by atomic mass is 16.5. The summed E-state index contributed by atoms with van der Waals surface area (Å²) >= 11 is 0. The molecule has 0 saturated carbocycles. The van der Waals surface area contributed by atoms with Crippen LogP contribution >= 0.6 is 0 Å². The van der Waals surface area contributed by atoms with Crippen molar-refractivity contribution in [2.45, 2.75) is 64.7 Å². The second-order valence-electron chi connectivity index (χ2n) is 5.30. The van der Waals surface area contributed by atoms with Crippen LogP contribution in [0.15, 0.2) is 0 Å². The van der Waals surface area contributed by atoms with E-state index in [4.69, 9.17) is 4.74 Å². The van der Waals surface area contributed by atoms with Crippen molar-refractivity contribution in [1.29, 1.82) is 0 Å². The summed E-state index contributed by atoms with van der Waals surface area (Å²) in [4.78, 5) is 0. The molecule has 0 aromatic rings. The van der Waals surface area contributed by atoms with Crippen molar-refractivity contribution in [2.75, 3.05) is 13.7 Å². The standard InChI is InChI=1S/C12H27NO2/c1-7-12(5,14)9-13-10(2)8-11(3,4)15-6/h10,13-14H,7-9H2,1-6H3. The third-order valence-corrected chi connectivity index (χ3v) is 2.94. The number of ether oxygens (including phenoxy) is 1. The van der Waals surface area contributed by atoms with Crippen molar-refractivity contribution in [3.8, 4) is 0 Å². The maximum Gasteiger partial charge on any atom is 0.0741 e. The Kier molecular flexibility index (Phi) is 5.78. The van der Waals surface area contributed by atoms with Crippen LogP contribution in [0.25, 0.3) is 0 Å². The molecule has 92 valence electrons. The van der Waals surface area contributed by atoms with E-state index in [-0.39, 0.29) is 5.60 Å². The molecule has 0 bridgehead atoms. The quantitative estimate of drug-likeness (QED) is 0.685. The molecule has 2 atom stereocenters. The zero-order valence-electron chi connectivity index (χ0n) is 11.1. The Bertz CT molecular complexity index is 178. The molecule has 0 amide bonds. The summed E-state index contributed by atoms with van der Waals surface area (Å²) in [6.07, 6.45) is 1.70. The lowest BCUT2D eigenvalue weighted by Gasteiger charge is -2.29. The van der Waals surface area contributed by atoms with E-state index in [0.29, 0.717) is 12.6 Å². The summed E-state index contributed by atoms with van der Waals surface area (Å²) in [7, 11) is 1.73. The Balaban J connectivity index is 3.90. The first-order valence-electron chi connectivity index (χ1n) is 5.73. The minimum Gasteiger partial charge on any atom is -0.389 e. The third kappa shape index (κ3) is 6.88. The maximum absolute atomic E-state index is 9.83. The van der Waals surface area contributed by atoms with Gasteiger partial charge in [-0.3, -0.25) is 0 Å². The molecule has 0 aliphatic rings. The van der Waals surface area contributed by atoms with E-state index in [9.17, 15) is 5.11 Å². The normalized spacial score (nSPS) is 18.6. The average Bonchev–Trinajstić information content (AvgIpc) is 2.15. The van der Waals surface area contributed by atoms with Crippen molar-refractivity contribution in [1.82, 2.24) is 5.32 Å². The maximum atomic E-state index is 9.83. The fourth-order valence-electron chi connectivity index (χ4n) is 1.41. The zero-order chi connectivity index (χ0) is 12.1. The fourth-order valence-corrected chi connectivity index (χ4v) is 1.41. The van der Waals surface area contributed by atoms with Gasteiger partial charge in [-0.2, -0.15) is 0 Å². The Morgan fingerprint density at radius 3 is 2.27 bits per heavy atom. The van der Waals surface area contributed by atoms with Crippen molar-refractivity contribution >= 4 is 0 Å². The van der Waals surface area contributed by atoms with Crippen LogP contribution < -0.4 is 5.32 Å². The molecule has 0 aromatic heterocycles. The van der Waals surface area contributed by atoms with E-state index in [1.54, 1.807) is 7.11 Å². The molecule has 0 aromatic carbocycles. The third-order valence-electron chi connectivity index (χ3n) is 2.94. The average molecular weight is 217 g/mol. The highest BCUT2D eigenvalue weighted by molar-refractivity contribution is 4.79. The number of hydrogen-bond acceptors (Lipinski definition) is 3. The SMILES string of the molecule is CCC(C)(O)CNC(C)CC(C)(C)OC. The molecule has 3 heteroatoms. The van der Waals surface area contributed by atoms with Gasteiger partial charge in [-0.05, 0) is 40.5 Å². The van der Waals surface area contributed by atoms with Gasteiger partial charge in [0.05, 0.1) is 11.2 Å². The highest BCUT2D eigenvalue weighted by Crippen LogP contribution is 2.16. The molecular weight excluding hydrogens is 190 g/mol. The topological polar surface area (TPSA) is 41.5 Å². The molecule has 2 N–H and O–H groups in total. The summed E-state index contributed by atoms with van der Waals surface area (Å²) in [5.74, 6) is 0. The van der Waals surface area contributed by atoms with Gasteiger partial charge in [-0.25, -0.2) is 0 Å². The lowest BCUT2D eigenvalue weighted by Crippen LogP contribution is -2.43. The molecular formula is C12H27NO2. The Hall–Kier alpha value is -0.120. The zero-order valence-corrected chi connectivity index (χ0v) is 11.1. The molecule has 15 heavy (non-hydrogen) atoms. The van der Waals surface area contributed by atoms with Gasteiger partial charge in [-0.1, -0.05) is 6.92 Å². The summed E-state index contributed by atoms with van der Waals surface area (Å²) < 4.78 is 5.36. The predicted molar refractivity (Wildman–Crippen MR) is 64.1 cm³/mol. The molecule has 0 rings (SSSR count). The van der Waals surface area contributed by atoms with E-state index in [2.05, 4.69) is 26.1 Å². The summed E-state index contributed by atoms with van der Waals surface area (Å²) in [5.41, 5.74) is -0.712. The number of nitrogens with one attached hydrogen (secondary N) is 1. The molecule has 0 heterocycles. The molecule has 0 spiro atoms. The van der Waals surface area contributed by atoms with Gasteiger partial charge in [0.2, 0.25) is 0 Å². The Morgan fingerprint density at radius 1 is 1.33 bits per heavy atom. The summed E-state index contributed by atoms with van der Waals surface area (Å²) in [6.45, 7) is 10.7. The smallest absolute Gasteiger partial charge is 0.0741 e.